The molecule has 0 radical (unpaired) electrons. The molecule has 0 atom stereocenters. The number of amides is 2. The molecular formula is C13H19N7O. The van der Waals surface area contributed by atoms with Gasteiger partial charge in [0.1, 0.15) is 5.82 Å². The zero-order valence-electron chi connectivity index (χ0n) is 12.3. The fraction of sp³-hybridized carbons (Fsp3) is 0.538. The minimum Gasteiger partial charge on any atom is -0.350 e. The lowest BCUT2D eigenvalue weighted by molar-refractivity contribution is 0.195. The van der Waals surface area contributed by atoms with Crippen LogP contribution in [0.15, 0.2) is 12.4 Å². The third-order valence-corrected chi connectivity index (χ3v) is 3.67. The second kappa shape index (κ2) is 5.55. The Morgan fingerprint density at radius 1 is 1.29 bits per heavy atom. The molecule has 1 saturated heterocycles. The van der Waals surface area contributed by atoms with Gasteiger partial charge in [0.25, 0.3) is 0 Å². The van der Waals surface area contributed by atoms with E-state index in [2.05, 4.69) is 25.4 Å². The fourth-order valence-electron chi connectivity index (χ4n) is 2.54. The number of anilines is 1. The van der Waals surface area contributed by atoms with Crippen LogP contribution in [0.3, 0.4) is 0 Å². The number of urea groups is 1. The van der Waals surface area contributed by atoms with Gasteiger partial charge in [0.05, 0.1) is 0 Å². The number of hydrogen-bond donors (Lipinski definition) is 1. The molecule has 21 heavy (non-hydrogen) atoms. The van der Waals surface area contributed by atoms with Crippen LogP contribution < -0.4 is 10.2 Å². The predicted octanol–water partition coefficient (Wildman–Crippen LogP) is 0.284. The molecule has 2 aromatic heterocycles. The summed E-state index contributed by atoms with van der Waals surface area (Å²) in [5.74, 6) is 1.67. The average molecular weight is 289 g/mol. The minimum absolute atomic E-state index is 0.00152. The van der Waals surface area contributed by atoms with Gasteiger partial charge in [-0.25, -0.2) is 9.78 Å². The zero-order valence-corrected chi connectivity index (χ0v) is 12.3. The largest absolute Gasteiger partial charge is 0.350 e. The molecule has 8 heteroatoms. The van der Waals surface area contributed by atoms with E-state index in [-0.39, 0.29) is 6.03 Å². The van der Waals surface area contributed by atoms with Crippen LogP contribution in [-0.4, -0.2) is 63.2 Å². The van der Waals surface area contributed by atoms with Gasteiger partial charge in [-0.2, -0.15) is 0 Å². The lowest BCUT2D eigenvalue weighted by Gasteiger charge is -2.35. The summed E-state index contributed by atoms with van der Waals surface area (Å²) in [7, 11) is 0. The van der Waals surface area contributed by atoms with Gasteiger partial charge in [0.15, 0.2) is 5.82 Å². The van der Waals surface area contributed by atoms with Crippen molar-refractivity contribution in [2.45, 2.75) is 13.8 Å². The Labute approximate surface area is 122 Å². The second-order valence-electron chi connectivity index (χ2n) is 5.00. The molecule has 0 saturated carbocycles. The lowest BCUT2D eigenvalue weighted by Crippen LogP contribution is -2.52. The van der Waals surface area contributed by atoms with Crippen molar-refractivity contribution in [3.63, 3.8) is 0 Å². The Kier molecular flexibility index (Phi) is 3.59. The van der Waals surface area contributed by atoms with E-state index < -0.39 is 0 Å². The van der Waals surface area contributed by atoms with Gasteiger partial charge in [-0.15, -0.1) is 10.2 Å². The summed E-state index contributed by atoms with van der Waals surface area (Å²) in [6.07, 6.45) is 3.62. The van der Waals surface area contributed by atoms with Crippen LogP contribution in [0.25, 0.3) is 5.65 Å². The highest BCUT2D eigenvalue weighted by Gasteiger charge is 2.23. The van der Waals surface area contributed by atoms with Gasteiger partial charge in [-0.3, -0.25) is 4.40 Å². The topological polar surface area (TPSA) is 78.7 Å². The fourth-order valence-corrected chi connectivity index (χ4v) is 2.54. The van der Waals surface area contributed by atoms with E-state index in [1.165, 1.54) is 0 Å². The molecule has 2 aromatic rings. The van der Waals surface area contributed by atoms with Crippen LogP contribution in [0, 0.1) is 6.92 Å². The summed E-state index contributed by atoms with van der Waals surface area (Å²) in [6.45, 7) is 7.34. The molecule has 2 amide bonds. The monoisotopic (exact) mass is 289 g/mol. The number of nitrogens with one attached hydrogen (secondary N) is 1. The molecule has 3 heterocycles. The number of rotatable bonds is 2. The number of nitrogens with zero attached hydrogens (tertiary/aromatic N) is 6. The van der Waals surface area contributed by atoms with Crippen molar-refractivity contribution in [1.82, 2.24) is 29.8 Å². The van der Waals surface area contributed by atoms with E-state index in [4.69, 9.17) is 0 Å². The summed E-state index contributed by atoms with van der Waals surface area (Å²) in [5.41, 5.74) is 0.765. The molecule has 0 aromatic carbocycles. The molecule has 8 nitrogen and oxygen atoms in total. The summed E-state index contributed by atoms with van der Waals surface area (Å²) in [4.78, 5) is 20.2. The molecule has 0 unspecified atom stereocenters. The summed E-state index contributed by atoms with van der Waals surface area (Å²) < 4.78 is 1.93. The molecule has 0 aliphatic carbocycles. The number of piperazine rings is 1. The number of fused-ring (bicyclic) bond motifs is 1. The van der Waals surface area contributed by atoms with Crippen LogP contribution >= 0.6 is 0 Å². The van der Waals surface area contributed by atoms with Gasteiger partial charge >= 0.3 is 6.03 Å². The number of hydrogen-bond acceptors (Lipinski definition) is 5. The van der Waals surface area contributed by atoms with Crippen molar-refractivity contribution >= 4 is 17.5 Å². The van der Waals surface area contributed by atoms with Crippen molar-refractivity contribution in [3.8, 4) is 0 Å². The highest BCUT2D eigenvalue weighted by Crippen LogP contribution is 2.19. The number of carbonyl (C=O) groups excluding carboxylic acids is 1. The summed E-state index contributed by atoms with van der Waals surface area (Å²) in [5, 5.41) is 11.1. The SMILES string of the molecule is CCNC(=O)N1CCN(c2nccn3c(C)nnc23)CC1. The van der Waals surface area contributed by atoms with Gasteiger partial charge < -0.3 is 15.1 Å². The highest BCUT2D eigenvalue weighted by atomic mass is 16.2. The van der Waals surface area contributed by atoms with E-state index in [9.17, 15) is 4.79 Å². The first-order valence-corrected chi connectivity index (χ1v) is 7.14. The van der Waals surface area contributed by atoms with E-state index in [1.807, 2.05) is 29.3 Å². The lowest BCUT2D eigenvalue weighted by atomic mass is 10.3. The predicted molar refractivity (Wildman–Crippen MR) is 78.4 cm³/mol. The zero-order chi connectivity index (χ0) is 14.8. The van der Waals surface area contributed by atoms with E-state index in [0.29, 0.717) is 19.6 Å². The first kappa shape index (κ1) is 13.6. The first-order chi connectivity index (χ1) is 10.2. The summed E-state index contributed by atoms with van der Waals surface area (Å²) >= 11 is 0. The van der Waals surface area contributed by atoms with E-state index >= 15 is 0 Å². The molecule has 0 spiro atoms. The standard InChI is InChI=1S/C13H19N7O/c1-3-14-13(21)19-8-6-18(7-9-19)11-12-17-16-10(2)20(12)5-4-15-11/h4-5H,3,6-9H2,1-2H3,(H,14,21). The van der Waals surface area contributed by atoms with Crippen LogP contribution in [0.5, 0.6) is 0 Å². The molecule has 3 rings (SSSR count). The van der Waals surface area contributed by atoms with Crippen LogP contribution in [-0.2, 0) is 0 Å². The number of aryl methyl sites for hydroxylation is 1. The molecule has 112 valence electrons. The van der Waals surface area contributed by atoms with Crippen LogP contribution in [0.2, 0.25) is 0 Å². The molecule has 0 bridgehead atoms. The molecule has 1 N–H and O–H groups in total. The van der Waals surface area contributed by atoms with Gasteiger partial charge in [0.2, 0.25) is 5.65 Å². The van der Waals surface area contributed by atoms with Gasteiger partial charge in [0, 0.05) is 45.1 Å². The maximum atomic E-state index is 11.8. The van der Waals surface area contributed by atoms with E-state index in [0.717, 1.165) is 30.4 Å². The average Bonchev–Trinajstić information content (AvgIpc) is 2.89. The Bertz CT molecular complexity index is 645. The maximum Gasteiger partial charge on any atom is 0.317 e. The quantitative estimate of drug-likeness (QED) is 0.859. The third kappa shape index (κ3) is 2.48. The van der Waals surface area contributed by atoms with Crippen LogP contribution in [0.1, 0.15) is 12.7 Å². The third-order valence-electron chi connectivity index (χ3n) is 3.67. The highest BCUT2D eigenvalue weighted by molar-refractivity contribution is 5.74. The van der Waals surface area contributed by atoms with E-state index in [1.54, 1.807) is 6.20 Å². The Morgan fingerprint density at radius 2 is 2.05 bits per heavy atom. The van der Waals surface area contributed by atoms with Crippen LogP contribution in [0.4, 0.5) is 10.6 Å². The minimum atomic E-state index is 0.00152. The van der Waals surface area contributed by atoms with Crippen molar-refractivity contribution in [2.24, 2.45) is 0 Å². The van der Waals surface area contributed by atoms with Gasteiger partial charge in [-0.1, -0.05) is 0 Å². The van der Waals surface area contributed by atoms with Crippen molar-refractivity contribution < 1.29 is 4.79 Å². The van der Waals surface area contributed by atoms with Crippen molar-refractivity contribution in [1.29, 1.82) is 0 Å². The van der Waals surface area contributed by atoms with Crippen molar-refractivity contribution in [2.75, 3.05) is 37.6 Å². The Morgan fingerprint density at radius 3 is 2.76 bits per heavy atom. The van der Waals surface area contributed by atoms with Crippen molar-refractivity contribution in [3.05, 3.63) is 18.2 Å². The number of carbonyl (C=O) groups is 1. The number of aromatic nitrogens is 4. The summed E-state index contributed by atoms with van der Waals surface area (Å²) in [6, 6.07) is 0.00152. The Balaban J connectivity index is 1.75. The normalized spacial score (nSPS) is 15.5. The maximum absolute atomic E-state index is 11.8. The van der Waals surface area contributed by atoms with Gasteiger partial charge in [-0.05, 0) is 13.8 Å². The molecule has 1 aliphatic rings. The molecular weight excluding hydrogens is 270 g/mol. The first-order valence-electron chi connectivity index (χ1n) is 7.14. The Hall–Kier alpha value is -2.38. The molecule has 1 aliphatic heterocycles. The second-order valence-corrected chi connectivity index (χ2v) is 5.00. The molecule has 1 fully saturated rings. The smallest absolute Gasteiger partial charge is 0.317 e.